The standard InChI is InChI=1S/C24H27F4N9O/c1-13-29-17-4-3-16(31-22(17)36(13)9-19(25)26)15-5-8-37-20(15)21(30-14-10-38-11-14)33-23(34-37)32-18-6-7-35(2)12-24(18,27)28/h3-5,8,14,18-19H,6-7,9-12H2,1-2H3,(H2,30,32,33,34)/t18-/m1/s1. The smallest absolute Gasteiger partial charge is 0.280 e. The van der Waals surface area contributed by atoms with Crippen LogP contribution in [-0.2, 0) is 11.3 Å². The number of fused-ring (bicyclic) bond motifs is 2. The topological polar surface area (TPSA) is 97.4 Å². The number of pyridine rings is 1. The molecule has 202 valence electrons. The minimum Gasteiger partial charge on any atom is -0.377 e. The Kier molecular flexibility index (Phi) is 6.10. The second kappa shape index (κ2) is 9.34. The van der Waals surface area contributed by atoms with Gasteiger partial charge in [0.05, 0.1) is 44.1 Å². The lowest BCUT2D eigenvalue weighted by molar-refractivity contribution is -0.0675. The molecule has 4 aromatic heterocycles. The summed E-state index contributed by atoms with van der Waals surface area (Å²) in [6.07, 6.45) is -0.611. The van der Waals surface area contributed by atoms with Gasteiger partial charge >= 0.3 is 0 Å². The summed E-state index contributed by atoms with van der Waals surface area (Å²) < 4.78 is 64.0. The number of aromatic nitrogens is 6. The quantitative estimate of drug-likeness (QED) is 0.350. The molecule has 14 heteroatoms. The third-order valence-corrected chi connectivity index (χ3v) is 6.96. The van der Waals surface area contributed by atoms with Gasteiger partial charge in [0, 0.05) is 18.3 Å². The van der Waals surface area contributed by atoms with Gasteiger partial charge in [-0.3, -0.25) is 0 Å². The average molecular weight is 534 g/mol. The monoisotopic (exact) mass is 533 g/mol. The predicted octanol–water partition coefficient (Wildman–Crippen LogP) is 3.28. The van der Waals surface area contributed by atoms with Gasteiger partial charge in [-0.1, -0.05) is 0 Å². The van der Waals surface area contributed by atoms with Gasteiger partial charge in [0.25, 0.3) is 12.3 Å². The lowest BCUT2D eigenvalue weighted by Gasteiger charge is -2.36. The molecule has 0 bridgehead atoms. The van der Waals surface area contributed by atoms with Crippen molar-refractivity contribution in [2.45, 2.75) is 44.3 Å². The van der Waals surface area contributed by atoms with Crippen LogP contribution in [0.4, 0.5) is 29.3 Å². The fraction of sp³-hybridized carbons (Fsp3) is 0.500. The number of hydrogen-bond acceptors (Lipinski definition) is 8. The molecule has 4 aromatic rings. The van der Waals surface area contributed by atoms with Crippen LogP contribution in [0.15, 0.2) is 24.4 Å². The molecule has 1 atom stereocenters. The Morgan fingerprint density at radius 2 is 1.95 bits per heavy atom. The molecule has 10 nitrogen and oxygen atoms in total. The maximum absolute atomic E-state index is 14.7. The Hall–Kier alpha value is -3.52. The summed E-state index contributed by atoms with van der Waals surface area (Å²) in [6, 6.07) is 4.18. The minimum atomic E-state index is -2.94. The Morgan fingerprint density at radius 1 is 1.13 bits per heavy atom. The zero-order valence-electron chi connectivity index (χ0n) is 20.8. The molecule has 2 N–H and O–H groups in total. The minimum absolute atomic E-state index is 0.000339. The lowest BCUT2D eigenvalue weighted by Crippen LogP contribution is -2.53. The van der Waals surface area contributed by atoms with Crippen molar-refractivity contribution < 1.29 is 22.3 Å². The number of rotatable bonds is 7. The van der Waals surface area contributed by atoms with Crippen molar-refractivity contribution in [2.24, 2.45) is 0 Å². The molecule has 2 aliphatic rings. The molecule has 0 radical (unpaired) electrons. The molecular formula is C24H27F4N9O. The van der Waals surface area contributed by atoms with Crippen molar-refractivity contribution >= 4 is 28.4 Å². The van der Waals surface area contributed by atoms with Crippen LogP contribution in [0.5, 0.6) is 0 Å². The van der Waals surface area contributed by atoms with Crippen LogP contribution in [-0.4, -0.2) is 91.8 Å². The SMILES string of the molecule is Cc1nc2ccc(-c3ccn4nc(N[C@@H]5CCN(C)CC5(F)F)nc(NC5COC5)c34)nc2n1CC(F)F. The maximum atomic E-state index is 14.7. The molecule has 0 saturated carbocycles. The Balaban J connectivity index is 1.41. The van der Waals surface area contributed by atoms with E-state index in [0.29, 0.717) is 59.3 Å². The molecule has 38 heavy (non-hydrogen) atoms. The molecule has 0 amide bonds. The number of hydrogen-bond donors (Lipinski definition) is 2. The number of piperidine rings is 1. The van der Waals surface area contributed by atoms with E-state index in [0.717, 1.165) is 0 Å². The summed E-state index contributed by atoms with van der Waals surface area (Å²) in [4.78, 5) is 15.2. The Morgan fingerprint density at radius 3 is 2.66 bits per heavy atom. The van der Waals surface area contributed by atoms with Crippen molar-refractivity contribution in [3.05, 3.63) is 30.2 Å². The van der Waals surface area contributed by atoms with E-state index >= 15 is 0 Å². The highest BCUT2D eigenvalue weighted by Crippen LogP contribution is 2.33. The summed E-state index contributed by atoms with van der Waals surface area (Å²) in [5.74, 6) is -1.98. The lowest BCUT2D eigenvalue weighted by atomic mass is 10.0. The first-order valence-electron chi connectivity index (χ1n) is 12.4. The van der Waals surface area contributed by atoms with Crippen molar-refractivity contribution in [3.8, 4) is 11.3 Å². The van der Waals surface area contributed by atoms with Crippen molar-refractivity contribution in [1.82, 2.24) is 34.0 Å². The Labute approximate surface area is 215 Å². The highest BCUT2D eigenvalue weighted by molar-refractivity contribution is 5.89. The Bertz CT molecular complexity index is 1480. The van der Waals surface area contributed by atoms with Crippen LogP contribution >= 0.6 is 0 Å². The second-order valence-electron chi connectivity index (χ2n) is 9.87. The summed E-state index contributed by atoms with van der Waals surface area (Å²) in [6.45, 7) is 2.31. The van der Waals surface area contributed by atoms with Crippen molar-refractivity contribution in [3.63, 3.8) is 0 Å². The van der Waals surface area contributed by atoms with Gasteiger partial charge in [-0.2, -0.15) is 4.98 Å². The van der Waals surface area contributed by atoms with Crippen LogP contribution in [0.1, 0.15) is 12.2 Å². The molecule has 2 aliphatic heterocycles. The summed E-state index contributed by atoms with van der Waals surface area (Å²) in [5, 5.41) is 10.6. The second-order valence-corrected chi connectivity index (χ2v) is 9.87. The first kappa shape index (κ1) is 24.8. The number of halogens is 4. The molecule has 0 aliphatic carbocycles. The number of alkyl halides is 4. The van der Waals surface area contributed by atoms with Gasteiger partial charge in [-0.05, 0) is 38.6 Å². The molecule has 0 aromatic carbocycles. The van der Waals surface area contributed by atoms with E-state index in [1.807, 2.05) is 0 Å². The van der Waals surface area contributed by atoms with Gasteiger partial charge in [0.15, 0.2) is 11.5 Å². The van der Waals surface area contributed by atoms with Gasteiger partial charge in [0.2, 0.25) is 5.95 Å². The fourth-order valence-corrected chi connectivity index (χ4v) is 4.97. The predicted molar refractivity (Wildman–Crippen MR) is 133 cm³/mol. The number of nitrogens with one attached hydrogen (secondary N) is 2. The fourth-order valence-electron chi connectivity index (χ4n) is 4.97. The molecule has 2 fully saturated rings. The van der Waals surface area contributed by atoms with Crippen LogP contribution in [0.3, 0.4) is 0 Å². The number of ether oxygens (including phenoxy) is 1. The van der Waals surface area contributed by atoms with E-state index in [4.69, 9.17) is 4.74 Å². The summed E-state index contributed by atoms with van der Waals surface area (Å²) in [7, 11) is 1.67. The zero-order chi connectivity index (χ0) is 26.6. The number of nitrogens with zero attached hydrogens (tertiary/aromatic N) is 7. The van der Waals surface area contributed by atoms with Gasteiger partial charge < -0.3 is 24.8 Å². The molecule has 6 heterocycles. The number of likely N-dealkylation sites (tertiary alicyclic amines) is 1. The molecule has 0 unspecified atom stereocenters. The van der Waals surface area contributed by atoms with E-state index in [2.05, 4.69) is 30.7 Å². The van der Waals surface area contributed by atoms with Crippen LogP contribution < -0.4 is 10.6 Å². The van der Waals surface area contributed by atoms with Crippen LogP contribution in [0.25, 0.3) is 27.9 Å². The molecule has 6 rings (SSSR count). The third kappa shape index (κ3) is 4.51. The molecule has 2 saturated heterocycles. The van der Waals surface area contributed by atoms with Gasteiger partial charge in [-0.25, -0.2) is 32.0 Å². The number of anilines is 2. The number of imidazole rings is 1. The van der Waals surface area contributed by atoms with Crippen LogP contribution in [0, 0.1) is 6.92 Å². The largest absolute Gasteiger partial charge is 0.377 e. The summed E-state index contributed by atoms with van der Waals surface area (Å²) in [5.41, 5.74) is 2.64. The van der Waals surface area contributed by atoms with Gasteiger partial charge in [-0.15, -0.1) is 5.10 Å². The molecular weight excluding hydrogens is 506 g/mol. The maximum Gasteiger partial charge on any atom is 0.280 e. The van der Waals surface area contributed by atoms with Gasteiger partial charge in [0.1, 0.15) is 16.9 Å². The van der Waals surface area contributed by atoms with Crippen molar-refractivity contribution in [1.29, 1.82) is 0 Å². The normalized spacial score (nSPS) is 20.3. The summed E-state index contributed by atoms with van der Waals surface area (Å²) >= 11 is 0. The molecule has 0 spiro atoms. The van der Waals surface area contributed by atoms with E-state index in [1.54, 1.807) is 47.8 Å². The highest BCUT2D eigenvalue weighted by Gasteiger charge is 2.44. The van der Waals surface area contributed by atoms with E-state index in [1.165, 1.54) is 4.57 Å². The van der Waals surface area contributed by atoms with Crippen molar-refractivity contribution in [2.75, 3.05) is 44.0 Å². The average Bonchev–Trinajstić information content (AvgIpc) is 3.38. The van der Waals surface area contributed by atoms with E-state index in [9.17, 15) is 17.6 Å². The van der Waals surface area contributed by atoms with Crippen LogP contribution in [0.2, 0.25) is 0 Å². The van der Waals surface area contributed by atoms with E-state index in [-0.39, 0.29) is 25.0 Å². The number of aryl methyl sites for hydroxylation is 1. The zero-order valence-corrected chi connectivity index (χ0v) is 20.8. The van der Waals surface area contributed by atoms with E-state index < -0.39 is 24.9 Å². The first-order valence-corrected chi connectivity index (χ1v) is 12.4. The first-order chi connectivity index (χ1) is 18.2. The highest BCUT2D eigenvalue weighted by atomic mass is 19.3. The third-order valence-electron chi connectivity index (χ3n) is 6.96.